The van der Waals surface area contributed by atoms with Crippen LogP contribution in [0.3, 0.4) is 0 Å². The van der Waals surface area contributed by atoms with Crippen LogP contribution in [-0.2, 0) is 25.5 Å². The molecule has 6 atom stereocenters. The first-order chi connectivity index (χ1) is 11.1. The zero-order chi connectivity index (χ0) is 16.4. The number of methoxy groups -OCH3 is 2. The van der Waals surface area contributed by atoms with E-state index in [4.69, 9.17) is 34.6 Å². The van der Waals surface area contributed by atoms with Crippen molar-refractivity contribution >= 4 is 15.7 Å². The summed E-state index contributed by atoms with van der Waals surface area (Å²) in [5.74, 6) is 0.240. The molecular weight excluding hydrogens is 296 g/mol. The molecule has 1 aromatic rings. The Hall–Kier alpha value is -0.890. The highest BCUT2D eigenvalue weighted by Gasteiger charge is 2.37. The van der Waals surface area contributed by atoms with Crippen molar-refractivity contribution in [2.24, 2.45) is 5.92 Å². The number of nitrogens with zero attached hydrogens (tertiary/aromatic N) is 3. The number of rotatable bonds is 6. The SMILES string of the molecule is [B][C@H]1C[C@@H](OC)[C@@H](c2cn(C[C@@H]3C[C@H]([B])O[C@@H]3COC)nn2)O1. The highest BCUT2D eigenvalue weighted by molar-refractivity contribution is 6.11. The molecule has 0 aromatic carbocycles. The highest BCUT2D eigenvalue weighted by Crippen LogP contribution is 2.33. The topological polar surface area (TPSA) is 67.6 Å². The van der Waals surface area contributed by atoms with Crippen LogP contribution in [0.1, 0.15) is 24.6 Å². The number of ether oxygens (including phenoxy) is 4. The standard InChI is InChI=1S/C14H21B2N3O4/c1-20-7-11-8(3-12(15)22-11)5-19-6-9(17-18-19)14-10(21-2)4-13(16)23-14/h6,8,10-14H,3-5,7H2,1-2H3/t8-,10+,11+,12+,13+,14+/m0/s1. The fraction of sp³-hybridized carbons (Fsp3) is 0.857. The van der Waals surface area contributed by atoms with Gasteiger partial charge in [0.2, 0.25) is 0 Å². The Labute approximate surface area is 138 Å². The molecule has 3 heterocycles. The van der Waals surface area contributed by atoms with Crippen LogP contribution in [0.25, 0.3) is 0 Å². The molecule has 0 aliphatic carbocycles. The van der Waals surface area contributed by atoms with Crippen molar-refractivity contribution < 1.29 is 18.9 Å². The van der Waals surface area contributed by atoms with Gasteiger partial charge in [-0.05, 0) is 12.8 Å². The first-order valence-electron chi connectivity index (χ1n) is 7.84. The average Bonchev–Trinajstić information content (AvgIpc) is 3.19. The van der Waals surface area contributed by atoms with Gasteiger partial charge in [-0.3, -0.25) is 4.68 Å². The monoisotopic (exact) mass is 317 g/mol. The first kappa shape index (κ1) is 16.9. The summed E-state index contributed by atoms with van der Waals surface area (Å²) in [5.41, 5.74) is 0.733. The lowest BCUT2D eigenvalue weighted by Crippen LogP contribution is -2.25. The maximum atomic E-state index is 5.88. The van der Waals surface area contributed by atoms with Crippen LogP contribution < -0.4 is 0 Å². The lowest BCUT2D eigenvalue weighted by molar-refractivity contribution is 0.00571. The van der Waals surface area contributed by atoms with Gasteiger partial charge in [-0.25, -0.2) is 0 Å². The van der Waals surface area contributed by atoms with E-state index >= 15 is 0 Å². The summed E-state index contributed by atoms with van der Waals surface area (Å²) in [7, 11) is 15.0. The van der Waals surface area contributed by atoms with E-state index in [-0.39, 0.29) is 36.2 Å². The summed E-state index contributed by atoms with van der Waals surface area (Å²) < 4.78 is 23.8. The summed E-state index contributed by atoms with van der Waals surface area (Å²) in [6.07, 6.45) is 2.90. The molecule has 2 aliphatic rings. The van der Waals surface area contributed by atoms with Crippen LogP contribution in [0.5, 0.6) is 0 Å². The van der Waals surface area contributed by atoms with Gasteiger partial charge >= 0.3 is 0 Å². The summed E-state index contributed by atoms with van der Waals surface area (Å²) in [5, 5.41) is 8.40. The van der Waals surface area contributed by atoms with Crippen molar-refractivity contribution in [3.8, 4) is 0 Å². The maximum absolute atomic E-state index is 5.88. The Morgan fingerprint density at radius 2 is 2.04 bits per heavy atom. The van der Waals surface area contributed by atoms with Crippen molar-refractivity contribution in [1.29, 1.82) is 0 Å². The highest BCUT2D eigenvalue weighted by atomic mass is 16.6. The number of hydrogen-bond acceptors (Lipinski definition) is 6. The molecule has 0 amide bonds. The van der Waals surface area contributed by atoms with Crippen molar-refractivity contribution in [2.75, 3.05) is 20.8 Å². The van der Waals surface area contributed by atoms with Crippen LogP contribution in [0.15, 0.2) is 6.20 Å². The summed E-state index contributed by atoms with van der Waals surface area (Å²) in [4.78, 5) is 0. The minimum Gasteiger partial charge on any atom is -0.382 e. The van der Waals surface area contributed by atoms with Crippen molar-refractivity contribution in [3.63, 3.8) is 0 Å². The molecule has 0 N–H and O–H groups in total. The van der Waals surface area contributed by atoms with Gasteiger partial charge in [-0.15, -0.1) is 5.10 Å². The minimum atomic E-state index is -0.331. The lowest BCUT2D eigenvalue weighted by Gasteiger charge is -2.17. The van der Waals surface area contributed by atoms with E-state index in [9.17, 15) is 0 Å². The Morgan fingerprint density at radius 1 is 1.26 bits per heavy atom. The van der Waals surface area contributed by atoms with E-state index in [0.29, 0.717) is 19.6 Å². The van der Waals surface area contributed by atoms with Crippen LogP contribution in [-0.4, -0.2) is 75.7 Å². The largest absolute Gasteiger partial charge is 0.382 e. The summed E-state index contributed by atoms with van der Waals surface area (Å²) in [6.45, 7) is 1.19. The first-order valence-corrected chi connectivity index (χ1v) is 7.84. The zero-order valence-electron chi connectivity index (χ0n) is 13.5. The van der Waals surface area contributed by atoms with Gasteiger partial charge in [0.25, 0.3) is 0 Å². The molecule has 7 nitrogen and oxygen atoms in total. The van der Waals surface area contributed by atoms with Gasteiger partial charge in [0, 0.05) is 38.7 Å². The lowest BCUT2D eigenvalue weighted by atomic mass is 9.91. The predicted molar refractivity (Wildman–Crippen MR) is 83.2 cm³/mol. The van der Waals surface area contributed by atoms with E-state index < -0.39 is 0 Å². The normalized spacial score (nSPS) is 37.5. The van der Waals surface area contributed by atoms with Crippen LogP contribution >= 0.6 is 0 Å². The number of hydrogen-bond donors (Lipinski definition) is 0. The predicted octanol–water partition coefficient (Wildman–Crippen LogP) is -0.205. The molecule has 2 saturated heterocycles. The van der Waals surface area contributed by atoms with E-state index in [1.54, 1.807) is 18.9 Å². The Morgan fingerprint density at radius 3 is 2.78 bits per heavy atom. The second-order valence-electron chi connectivity index (χ2n) is 6.13. The van der Waals surface area contributed by atoms with E-state index in [2.05, 4.69) is 10.3 Å². The molecular formula is C14H21B2N3O4. The van der Waals surface area contributed by atoms with Gasteiger partial charge in [0.15, 0.2) is 0 Å². The summed E-state index contributed by atoms with van der Waals surface area (Å²) >= 11 is 0. The molecule has 0 spiro atoms. The van der Waals surface area contributed by atoms with Gasteiger partial charge in [-0.1, -0.05) is 5.21 Å². The molecule has 2 aliphatic heterocycles. The third-order valence-corrected chi connectivity index (χ3v) is 4.44. The second kappa shape index (κ2) is 7.34. The molecule has 2 fully saturated rings. The Balaban J connectivity index is 1.65. The fourth-order valence-corrected chi connectivity index (χ4v) is 3.31. The Kier molecular flexibility index (Phi) is 5.41. The molecule has 9 heteroatoms. The molecule has 4 radical (unpaired) electrons. The van der Waals surface area contributed by atoms with E-state index in [0.717, 1.165) is 12.1 Å². The molecule has 0 saturated carbocycles. The van der Waals surface area contributed by atoms with Crippen LogP contribution in [0.4, 0.5) is 0 Å². The van der Waals surface area contributed by atoms with Crippen molar-refractivity contribution in [1.82, 2.24) is 15.0 Å². The molecule has 0 bridgehead atoms. The van der Waals surface area contributed by atoms with Gasteiger partial charge < -0.3 is 18.9 Å². The zero-order valence-corrected chi connectivity index (χ0v) is 13.5. The van der Waals surface area contributed by atoms with Gasteiger partial charge in [0.05, 0.1) is 25.0 Å². The van der Waals surface area contributed by atoms with Gasteiger partial charge in [-0.2, -0.15) is 0 Å². The second-order valence-corrected chi connectivity index (χ2v) is 6.13. The summed E-state index contributed by atoms with van der Waals surface area (Å²) in [6, 6.07) is -0.584. The van der Waals surface area contributed by atoms with E-state index in [1.165, 1.54) is 0 Å². The average molecular weight is 317 g/mol. The van der Waals surface area contributed by atoms with Crippen molar-refractivity contribution in [2.45, 2.75) is 49.7 Å². The third kappa shape index (κ3) is 3.79. The Bertz CT molecular complexity index is 518. The molecule has 1 aromatic heterocycles. The maximum Gasteiger partial charge on any atom is 0.128 e. The molecule has 122 valence electrons. The quantitative estimate of drug-likeness (QED) is 0.677. The van der Waals surface area contributed by atoms with Gasteiger partial charge in [0.1, 0.15) is 27.5 Å². The molecule has 23 heavy (non-hydrogen) atoms. The fourth-order valence-electron chi connectivity index (χ4n) is 3.31. The molecule has 0 unspecified atom stereocenters. The van der Waals surface area contributed by atoms with Crippen molar-refractivity contribution in [3.05, 3.63) is 11.9 Å². The van der Waals surface area contributed by atoms with Crippen LogP contribution in [0.2, 0.25) is 0 Å². The van der Waals surface area contributed by atoms with E-state index in [1.807, 2.05) is 6.20 Å². The molecule has 3 rings (SSSR count). The van der Waals surface area contributed by atoms with Crippen LogP contribution in [0, 0.1) is 5.92 Å². The smallest absolute Gasteiger partial charge is 0.128 e. The third-order valence-electron chi connectivity index (χ3n) is 4.44. The minimum absolute atomic E-state index is 0.0227. The number of aromatic nitrogens is 3.